The predicted octanol–water partition coefficient (Wildman–Crippen LogP) is 3.70. The van der Waals surface area contributed by atoms with Crippen LogP contribution in [0, 0.1) is 11.3 Å². The highest BCUT2D eigenvalue weighted by Gasteiger charge is 2.07. The van der Waals surface area contributed by atoms with Crippen molar-refractivity contribution in [1.82, 2.24) is 0 Å². The van der Waals surface area contributed by atoms with E-state index in [0.29, 0.717) is 17.1 Å². The largest absolute Gasteiger partial charge is 0.482 e. The Bertz CT molecular complexity index is 896. The third-order valence-electron chi connectivity index (χ3n) is 3.27. The van der Waals surface area contributed by atoms with Crippen LogP contribution in [0.3, 0.4) is 0 Å². The minimum Gasteiger partial charge on any atom is -0.482 e. The van der Waals surface area contributed by atoms with Crippen molar-refractivity contribution in [3.8, 4) is 17.6 Å². The molecule has 0 aliphatic heterocycles. The molecule has 112 valence electrons. The van der Waals surface area contributed by atoms with Crippen molar-refractivity contribution in [2.45, 2.75) is 0 Å². The van der Waals surface area contributed by atoms with Gasteiger partial charge in [-0.3, -0.25) is 0 Å². The van der Waals surface area contributed by atoms with Gasteiger partial charge in [0.2, 0.25) is 0 Å². The molecule has 23 heavy (non-hydrogen) atoms. The molecular weight excluding hydrogens is 290 g/mol. The lowest BCUT2D eigenvalue weighted by Gasteiger charge is -2.08. The van der Waals surface area contributed by atoms with Crippen LogP contribution in [-0.4, -0.2) is 12.6 Å². The molecule has 0 fully saturated rings. The van der Waals surface area contributed by atoms with E-state index >= 15 is 0 Å². The van der Waals surface area contributed by atoms with Crippen molar-refractivity contribution in [1.29, 1.82) is 5.26 Å². The maximum absolute atomic E-state index is 11.8. The fourth-order valence-electron chi connectivity index (χ4n) is 2.19. The molecular formula is C19H13NO3. The Balaban J connectivity index is 1.62. The highest BCUT2D eigenvalue weighted by Crippen LogP contribution is 2.20. The van der Waals surface area contributed by atoms with Gasteiger partial charge < -0.3 is 9.47 Å². The zero-order valence-corrected chi connectivity index (χ0v) is 12.2. The van der Waals surface area contributed by atoms with Crippen LogP contribution < -0.4 is 9.47 Å². The SMILES string of the molecule is N#Cc1cccc(OC(=O)COc2ccc3ccccc3c2)c1. The summed E-state index contributed by atoms with van der Waals surface area (Å²) in [5.74, 6) is 0.413. The van der Waals surface area contributed by atoms with Crippen LogP contribution in [0.4, 0.5) is 0 Å². The monoisotopic (exact) mass is 303 g/mol. The lowest BCUT2D eigenvalue weighted by molar-refractivity contribution is -0.136. The first-order chi connectivity index (χ1) is 11.2. The van der Waals surface area contributed by atoms with Crippen LogP contribution in [0.2, 0.25) is 0 Å². The minimum atomic E-state index is -0.520. The topological polar surface area (TPSA) is 59.3 Å². The summed E-state index contributed by atoms with van der Waals surface area (Å²) in [5, 5.41) is 11.0. The van der Waals surface area contributed by atoms with Crippen molar-refractivity contribution >= 4 is 16.7 Å². The van der Waals surface area contributed by atoms with Gasteiger partial charge in [-0.1, -0.05) is 36.4 Å². The molecule has 0 unspecified atom stereocenters. The Morgan fingerprint density at radius 1 is 0.913 bits per heavy atom. The molecule has 0 aliphatic rings. The van der Waals surface area contributed by atoms with E-state index in [1.165, 1.54) is 6.07 Å². The van der Waals surface area contributed by atoms with Gasteiger partial charge >= 0.3 is 5.97 Å². The van der Waals surface area contributed by atoms with E-state index in [2.05, 4.69) is 0 Å². The summed E-state index contributed by atoms with van der Waals surface area (Å²) in [6, 6.07) is 21.9. The smallest absolute Gasteiger partial charge is 0.349 e. The molecule has 0 N–H and O–H groups in total. The first-order valence-electron chi connectivity index (χ1n) is 7.07. The molecule has 4 heteroatoms. The van der Waals surface area contributed by atoms with E-state index in [9.17, 15) is 4.79 Å². The number of hydrogen-bond donors (Lipinski definition) is 0. The molecule has 3 aromatic carbocycles. The average molecular weight is 303 g/mol. The number of carbonyl (C=O) groups is 1. The summed E-state index contributed by atoms with van der Waals surface area (Å²) in [7, 11) is 0. The summed E-state index contributed by atoms with van der Waals surface area (Å²) < 4.78 is 10.6. The van der Waals surface area contributed by atoms with Crippen molar-refractivity contribution < 1.29 is 14.3 Å². The second-order valence-corrected chi connectivity index (χ2v) is 4.91. The zero-order chi connectivity index (χ0) is 16.1. The molecule has 0 amide bonds. The number of hydrogen-bond acceptors (Lipinski definition) is 4. The Labute approximate surface area is 133 Å². The number of rotatable bonds is 4. The number of esters is 1. The number of carbonyl (C=O) groups excluding carboxylic acids is 1. The third-order valence-corrected chi connectivity index (χ3v) is 3.27. The number of fused-ring (bicyclic) bond motifs is 1. The van der Waals surface area contributed by atoms with E-state index in [1.807, 2.05) is 48.5 Å². The summed E-state index contributed by atoms with van der Waals surface area (Å²) in [5.41, 5.74) is 0.436. The molecule has 0 heterocycles. The molecule has 0 bridgehead atoms. The standard InChI is InChI=1S/C19H13NO3/c20-12-14-4-3-7-18(10-14)23-19(21)13-22-17-9-8-15-5-1-2-6-16(15)11-17/h1-11H,13H2. The molecule has 0 saturated carbocycles. The molecule has 0 aliphatic carbocycles. The van der Waals surface area contributed by atoms with Gasteiger partial charge in [-0.2, -0.15) is 5.26 Å². The van der Waals surface area contributed by atoms with Crippen molar-refractivity contribution in [2.24, 2.45) is 0 Å². The van der Waals surface area contributed by atoms with Crippen LogP contribution in [0.25, 0.3) is 10.8 Å². The number of ether oxygens (including phenoxy) is 2. The second kappa shape index (κ2) is 6.63. The fourth-order valence-corrected chi connectivity index (χ4v) is 2.19. The second-order valence-electron chi connectivity index (χ2n) is 4.91. The van der Waals surface area contributed by atoms with Gasteiger partial charge in [0.1, 0.15) is 11.5 Å². The molecule has 0 radical (unpaired) electrons. The van der Waals surface area contributed by atoms with Crippen LogP contribution in [0.1, 0.15) is 5.56 Å². The number of nitrogens with zero attached hydrogens (tertiary/aromatic N) is 1. The van der Waals surface area contributed by atoms with Gasteiger partial charge in [0.25, 0.3) is 0 Å². The molecule has 0 atom stereocenters. The molecule has 0 aromatic heterocycles. The van der Waals surface area contributed by atoms with Crippen LogP contribution in [0.15, 0.2) is 66.7 Å². The predicted molar refractivity (Wildman–Crippen MR) is 86.2 cm³/mol. The lowest BCUT2D eigenvalue weighted by Crippen LogP contribution is -2.17. The third kappa shape index (κ3) is 3.66. The van der Waals surface area contributed by atoms with Gasteiger partial charge in [-0.15, -0.1) is 0 Å². The van der Waals surface area contributed by atoms with Gasteiger partial charge in [0.05, 0.1) is 11.6 Å². The highest BCUT2D eigenvalue weighted by molar-refractivity contribution is 5.83. The summed E-state index contributed by atoms with van der Waals surface area (Å²) >= 11 is 0. The van der Waals surface area contributed by atoms with E-state index < -0.39 is 5.97 Å². The Hall–Kier alpha value is -3.32. The highest BCUT2D eigenvalue weighted by atomic mass is 16.6. The first-order valence-corrected chi connectivity index (χ1v) is 7.07. The van der Waals surface area contributed by atoms with E-state index in [-0.39, 0.29) is 6.61 Å². The summed E-state index contributed by atoms with van der Waals surface area (Å²) in [6.45, 7) is -0.199. The summed E-state index contributed by atoms with van der Waals surface area (Å²) in [6.07, 6.45) is 0. The molecule has 3 aromatic rings. The normalized spacial score (nSPS) is 10.0. The molecule has 0 spiro atoms. The van der Waals surface area contributed by atoms with Crippen molar-refractivity contribution in [3.63, 3.8) is 0 Å². The summed E-state index contributed by atoms with van der Waals surface area (Å²) in [4.78, 5) is 11.8. The maximum Gasteiger partial charge on any atom is 0.349 e. The van der Waals surface area contributed by atoms with Crippen LogP contribution in [0.5, 0.6) is 11.5 Å². The van der Waals surface area contributed by atoms with Gasteiger partial charge in [-0.05, 0) is 41.1 Å². The number of nitriles is 1. The molecule has 4 nitrogen and oxygen atoms in total. The van der Waals surface area contributed by atoms with E-state index in [0.717, 1.165) is 10.8 Å². The number of benzene rings is 3. The minimum absolute atomic E-state index is 0.199. The average Bonchev–Trinajstić information content (AvgIpc) is 2.60. The van der Waals surface area contributed by atoms with Crippen molar-refractivity contribution in [2.75, 3.05) is 6.61 Å². The van der Waals surface area contributed by atoms with Crippen LogP contribution >= 0.6 is 0 Å². The molecule has 3 rings (SSSR count). The quantitative estimate of drug-likeness (QED) is 0.545. The molecule has 0 saturated heterocycles. The van der Waals surface area contributed by atoms with Gasteiger partial charge in [0, 0.05) is 0 Å². The Morgan fingerprint density at radius 2 is 1.74 bits per heavy atom. The van der Waals surface area contributed by atoms with Crippen molar-refractivity contribution in [3.05, 3.63) is 72.3 Å². The van der Waals surface area contributed by atoms with Gasteiger partial charge in [0.15, 0.2) is 6.61 Å². The fraction of sp³-hybridized carbons (Fsp3) is 0.0526. The lowest BCUT2D eigenvalue weighted by atomic mass is 10.1. The first kappa shape index (κ1) is 14.6. The zero-order valence-electron chi connectivity index (χ0n) is 12.2. The Morgan fingerprint density at radius 3 is 2.57 bits per heavy atom. The Kier molecular flexibility index (Phi) is 4.21. The van der Waals surface area contributed by atoms with Crippen LogP contribution in [-0.2, 0) is 4.79 Å². The maximum atomic E-state index is 11.8. The van der Waals surface area contributed by atoms with E-state index in [1.54, 1.807) is 18.2 Å². The van der Waals surface area contributed by atoms with E-state index in [4.69, 9.17) is 14.7 Å². The van der Waals surface area contributed by atoms with Gasteiger partial charge in [-0.25, -0.2) is 4.79 Å².